The number of hydrogen-bond acceptors (Lipinski definition) is 4. The van der Waals surface area contributed by atoms with E-state index >= 15 is 0 Å². The van der Waals surface area contributed by atoms with Crippen molar-refractivity contribution < 1.29 is 9.53 Å². The van der Waals surface area contributed by atoms with Gasteiger partial charge in [0.15, 0.2) is 11.5 Å². The van der Waals surface area contributed by atoms with Crippen molar-refractivity contribution in [3.8, 4) is 5.75 Å². The molecule has 0 saturated carbocycles. The van der Waals surface area contributed by atoms with Crippen molar-refractivity contribution in [2.24, 2.45) is 17.6 Å². The summed E-state index contributed by atoms with van der Waals surface area (Å²) in [5, 5.41) is 4.15. The van der Waals surface area contributed by atoms with E-state index in [-0.39, 0.29) is 11.7 Å². The summed E-state index contributed by atoms with van der Waals surface area (Å²) in [6.07, 6.45) is 2.37. The number of rotatable bonds is 7. The van der Waals surface area contributed by atoms with Gasteiger partial charge in [-0.3, -0.25) is 9.48 Å². The summed E-state index contributed by atoms with van der Waals surface area (Å²) in [5.74, 6) is 0.832. The van der Waals surface area contributed by atoms with Gasteiger partial charge < -0.3 is 10.5 Å². The van der Waals surface area contributed by atoms with Gasteiger partial charge >= 0.3 is 0 Å². The Morgan fingerprint density at radius 3 is 2.67 bits per heavy atom. The van der Waals surface area contributed by atoms with Gasteiger partial charge in [0.05, 0.1) is 13.3 Å². The van der Waals surface area contributed by atoms with E-state index < -0.39 is 0 Å². The summed E-state index contributed by atoms with van der Waals surface area (Å²) >= 11 is 0. The van der Waals surface area contributed by atoms with Crippen LogP contribution in [0.15, 0.2) is 6.20 Å². The van der Waals surface area contributed by atoms with Crippen molar-refractivity contribution in [3.05, 3.63) is 11.9 Å². The second kappa shape index (κ2) is 6.54. The monoisotopic (exact) mass is 253 g/mol. The molecule has 0 spiro atoms. The summed E-state index contributed by atoms with van der Waals surface area (Å²) < 4.78 is 6.87. The fourth-order valence-electron chi connectivity index (χ4n) is 2.08. The molecular weight excluding hydrogens is 230 g/mol. The summed E-state index contributed by atoms with van der Waals surface area (Å²) in [5.41, 5.74) is 6.26. The Morgan fingerprint density at radius 1 is 1.56 bits per heavy atom. The summed E-state index contributed by atoms with van der Waals surface area (Å²) in [6, 6.07) is 0. The van der Waals surface area contributed by atoms with Gasteiger partial charge in [-0.05, 0) is 19.3 Å². The fourth-order valence-corrected chi connectivity index (χ4v) is 2.08. The first-order valence-electron chi connectivity index (χ1n) is 6.39. The van der Waals surface area contributed by atoms with Crippen LogP contribution in [-0.4, -0.2) is 29.2 Å². The maximum absolute atomic E-state index is 12.5. The Bertz CT molecular complexity index is 377. The molecule has 1 unspecified atom stereocenters. The first kappa shape index (κ1) is 14.7. The lowest BCUT2D eigenvalue weighted by Gasteiger charge is -2.17. The molecule has 102 valence electrons. The van der Waals surface area contributed by atoms with Crippen LogP contribution in [-0.2, 0) is 6.54 Å². The number of hydrogen-bond donors (Lipinski definition) is 1. The van der Waals surface area contributed by atoms with Crippen LogP contribution < -0.4 is 10.5 Å². The van der Waals surface area contributed by atoms with Gasteiger partial charge in [-0.1, -0.05) is 13.8 Å². The molecule has 1 rings (SSSR count). The van der Waals surface area contributed by atoms with Gasteiger partial charge in [0.25, 0.3) is 0 Å². The number of nitrogens with zero attached hydrogens (tertiary/aromatic N) is 2. The number of aromatic nitrogens is 2. The highest BCUT2D eigenvalue weighted by atomic mass is 16.5. The van der Waals surface area contributed by atoms with E-state index in [1.165, 1.54) is 0 Å². The third-order valence-electron chi connectivity index (χ3n) is 2.97. The highest BCUT2D eigenvalue weighted by molar-refractivity contribution is 5.98. The van der Waals surface area contributed by atoms with E-state index in [9.17, 15) is 4.79 Å². The zero-order chi connectivity index (χ0) is 13.7. The molecule has 0 aliphatic carbocycles. The summed E-state index contributed by atoms with van der Waals surface area (Å²) in [4.78, 5) is 12.5. The van der Waals surface area contributed by atoms with Crippen LogP contribution >= 0.6 is 0 Å². The number of ether oxygens (including phenoxy) is 1. The summed E-state index contributed by atoms with van der Waals surface area (Å²) in [6.45, 7) is 7.12. The topological polar surface area (TPSA) is 70.1 Å². The van der Waals surface area contributed by atoms with Crippen LogP contribution in [0.4, 0.5) is 0 Å². The molecule has 1 heterocycles. The molecule has 1 aromatic heterocycles. The average molecular weight is 253 g/mol. The molecule has 0 fully saturated rings. The van der Waals surface area contributed by atoms with Crippen LogP contribution in [0.3, 0.4) is 0 Å². The first-order valence-corrected chi connectivity index (χ1v) is 6.39. The summed E-state index contributed by atoms with van der Waals surface area (Å²) in [7, 11) is 1.55. The molecule has 0 aliphatic rings. The molecule has 1 aromatic rings. The van der Waals surface area contributed by atoms with Crippen LogP contribution in [0.25, 0.3) is 0 Å². The molecule has 1 atom stereocenters. The molecule has 2 N–H and O–H groups in total. The Kier molecular flexibility index (Phi) is 5.34. The standard InChI is InChI=1S/C13H23N3O2/c1-5-16-12(11(18-4)8-15-16)13(17)10(7-14)6-9(2)3/h8-10H,5-7,14H2,1-4H3. The fraction of sp³-hybridized carbons (Fsp3) is 0.692. The molecule has 0 aliphatic heterocycles. The van der Waals surface area contributed by atoms with E-state index in [1.807, 2.05) is 6.92 Å². The number of carbonyl (C=O) groups excluding carboxylic acids is 1. The molecule has 0 bridgehead atoms. The zero-order valence-electron chi connectivity index (χ0n) is 11.6. The van der Waals surface area contributed by atoms with Gasteiger partial charge in [0, 0.05) is 19.0 Å². The third kappa shape index (κ3) is 3.10. The lowest BCUT2D eigenvalue weighted by Crippen LogP contribution is -2.27. The van der Waals surface area contributed by atoms with E-state index in [1.54, 1.807) is 18.0 Å². The molecule has 18 heavy (non-hydrogen) atoms. The van der Waals surface area contributed by atoms with Crippen LogP contribution in [0.1, 0.15) is 37.7 Å². The second-order valence-corrected chi connectivity index (χ2v) is 4.80. The van der Waals surface area contributed by atoms with Crippen molar-refractivity contribution >= 4 is 5.78 Å². The highest BCUT2D eigenvalue weighted by Crippen LogP contribution is 2.24. The van der Waals surface area contributed by atoms with Gasteiger partial charge in [-0.15, -0.1) is 0 Å². The van der Waals surface area contributed by atoms with Crippen molar-refractivity contribution in [3.63, 3.8) is 0 Å². The Morgan fingerprint density at radius 2 is 2.22 bits per heavy atom. The number of aryl methyl sites for hydroxylation is 1. The Hall–Kier alpha value is -1.36. The van der Waals surface area contributed by atoms with Gasteiger partial charge in [-0.2, -0.15) is 5.10 Å². The SMILES string of the molecule is CCn1ncc(OC)c1C(=O)C(CN)CC(C)C. The highest BCUT2D eigenvalue weighted by Gasteiger charge is 2.26. The normalized spacial score (nSPS) is 12.8. The van der Waals surface area contributed by atoms with Crippen LogP contribution in [0, 0.1) is 11.8 Å². The molecule has 0 saturated heterocycles. The number of methoxy groups -OCH3 is 1. The maximum Gasteiger partial charge on any atom is 0.189 e. The minimum Gasteiger partial charge on any atom is -0.493 e. The molecule has 0 radical (unpaired) electrons. The maximum atomic E-state index is 12.5. The molecule has 0 amide bonds. The molecule has 0 aromatic carbocycles. The van der Waals surface area contributed by atoms with Crippen molar-refractivity contribution in [1.82, 2.24) is 9.78 Å². The molecular formula is C13H23N3O2. The van der Waals surface area contributed by atoms with E-state index in [4.69, 9.17) is 10.5 Å². The lowest BCUT2D eigenvalue weighted by atomic mass is 9.91. The van der Waals surface area contributed by atoms with Gasteiger partial charge in [0.2, 0.25) is 0 Å². The minimum absolute atomic E-state index is 0.0300. The Labute approximate surface area is 108 Å². The predicted molar refractivity (Wildman–Crippen MR) is 70.8 cm³/mol. The molecule has 5 heteroatoms. The largest absolute Gasteiger partial charge is 0.493 e. The number of Topliss-reactive ketones (excluding diaryl/α,β-unsaturated/α-hetero) is 1. The van der Waals surface area contributed by atoms with E-state index in [0.29, 0.717) is 30.5 Å². The van der Waals surface area contributed by atoms with E-state index in [2.05, 4.69) is 18.9 Å². The van der Waals surface area contributed by atoms with Gasteiger partial charge in [0.1, 0.15) is 5.69 Å². The van der Waals surface area contributed by atoms with Crippen LogP contribution in [0.5, 0.6) is 5.75 Å². The Balaban J connectivity index is 3.03. The number of ketones is 1. The molecule has 5 nitrogen and oxygen atoms in total. The number of nitrogens with two attached hydrogens (primary N) is 1. The second-order valence-electron chi connectivity index (χ2n) is 4.80. The van der Waals surface area contributed by atoms with Crippen molar-refractivity contribution in [1.29, 1.82) is 0 Å². The van der Waals surface area contributed by atoms with Crippen molar-refractivity contribution in [2.45, 2.75) is 33.7 Å². The predicted octanol–water partition coefficient (Wildman–Crippen LogP) is 1.72. The van der Waals surface area contributed by atoms with Crippen LogP contribution in [0.2, 0.25) is 0 Å². The quantitative estimate of drug-likeness (QED) is 0.751. The van der Waals surface area contributed by atoms with Gasteiger partial charge in [-0.25, -0.2) is 0 Å². The lowest BCUT2D eigenvalue weighted by molar-refractivity contribution is 0.0894. The zero-order valence-corrected chi connectivity index (χ0v) is 11.6. The smallest absolute Gasteiger partial charge is 0.189 e. The van der Waals surface area contributed by atoms with Crippen molar-refractivity contribution in [2.75, 3.05) is 13.7 Å². The minimum atomic E-state index is -0.166. The van der Waals surface area contributed by atoms with E-state index in [0.717, 1.165) is 6.42 Å². The number of carbonyl (C=O) groups is 1. The first-order chi connectivity index (χ1) is 8.54. The average Bonchev–Trinajstić information content (AvgIpc) is 2.77. The third-order valence-corrected chi connectivity index (χ3v) is 2.97.